The molecule has 0 amide bonds. The van der Waals surface area contributed by atoms with Gasteiger partial charge >= 0.3 is 0 Å². The molecular weight excluding hydrogens is 256 g/mol. The number of hydrogen-bond acceptors (Lipinski definition) is 2. The van der Waals surface area contributed by atoms with E-state index in [2.05, 4.69) is 31.3 Å². The number of aryl methyl sites for hydroxylation is 2. The molecule has 0 bridgehead atoms. The molecule has 1 atom stereocenters. The van der Waals surface area contributed by atoms with Gasteiger partial charge in [-0.25, -0.2) is 0 Å². The lowest BCUT2D eigenvalue weighted by molar-refractivity contribution is 0.782. The van der Waals surface area contributed by atoms with E-state index in [0.29, 0.717) is 6.54 Å². The quantitative estimate of drug-likeness (QED) is 0.882. The van der Waals surface area contributed by atoms with Crippen molar-refractivity contribution in [2.45, 2.75) is 19.9 Å². The third-order valence-electron chi connectivity index (χ3n) is 3.32. The fourth-order valence-electron chi connectivity index (χ4n) is 2.22. The van der Waals surface area contributed by atoms with Crippen molar-refractivity contribution >= 4 is 17.3 Å². The van der Waals surface area contributed by atoms with Gasteiger partial charge in [0.05, 0.1) is 6.04 Å². The first kappa shape index (κ1) is 13.9. The van der Waals surface area contributed by atoms with Crippen molar-refractivity contribution in [2.75, 3.05) is 11.9 Å². The third kappa shape index (κ3) is 3.28. The van der Waals surface area contributed by atoms with Crippen molar-refractivity contribution < 1.29 is 0 Å². The van der Waals surface area contributed by atoms with Gasteiger partial charge in [-0.15, -0.1) is 0 Å². The predicted molar refractivity (Wildman–Crippen MR) is 82.8 cm³/mol. The molecule has 0 aromatic heterocycles. The Morgan fingerprint density at radius 2 is 1.84 bits per heavy atom. The lowest BCUT2D eigenvalue weighted by atomic mass is 10.0. The van der Waals surface area contributed by atoms with E-state index in [1.54, 1.807) is 0 Å². The fraction of sp³-hybridized carbons (Fsp3) is 0.250. The molecular formula is C16H19ClN2. The van der Waals surface area contributed by atoms with E-state index in [9.17, 15) is 0 Å². The van der Waals surface area contributed by atoms with E-state index in [1.165, 1.54) is 11.1 Å². The summed E-state index contributed by atoms with van der Waals surface area (Å²) < 4.78 is 0. The van der Waals surface area contributed by atoms with E-state index < -0.39 is 0 Å². The molecule has 0 spiro atoms. The van der Waals surface area contributed by atoms with Crippen LogP contribution in [-0.2, 0) is 0 Å². The lowest BCUT2D eigenvalue weighted by Gasteiger charge is -2.22. The van der Waals surface area contributed by atoms with Gasteiger partial charge in [-0.2, -0.15) is 0 Å². The number of para-hydroxylation sites is 1. The van der Waals surface area contributed by atoms with Crippen LogP contribution in [0.5, 0.6) is 0 Å². The lowest BCUT2D eigenvalue weighted by Crippen LogP contribution is -2.21. The standard InChI is InChI=1S/C16H19ClN2/c1-11-5-3-4-6-15(11)19-16(10-18)14-8-7-13(17)9-12(14)2/h3-9,16,19H,10,18H2,1-2H3. The Balaban J connectivity index is 2.28. The smallest absolute Gasteiger partial charge is 0.0638 e. The zero-order valence-corrected chi connectivity index (χ0v) is 12.0. The zero-order chi connectivity index (χ0) is 13.8. The Morgan fingerprint density at radius 3 is 2.47 bits per heavy atom. The van der Waals surface area contributed by atoms with Crippen LogP contribution in [0, 0.1) is 13.8 Å². The Bertz CT molecular complexity index is 566. The molecule has 0 aliphatic rings. The molecule has 0 saturated heterocycles. The Labute approximate surface area is 119 Å². The monoisotopic (exact) mass is 274 g/mol. The second-order valence-corrected chi connectivity index (χ2v) is 5.18. The van der Waals surface area contributed by atoms with Crippen LogP contribution < -0.4 is 11.1 Å². The molecule has 0 fully saturated rings. The SMILES string of the molecule is Cc1ccccc1NC(CN)c1ccc(Cl)cc1C. The average molecular weight is 275 g/mol. The van der Waals surface area contributed by atoms with Gasteiger partial charge in [-0.3, -0.25) is 0 Å². The van der Waals surface area contributed by atoms with Crippen molar-refractivity contribution in [3.05, 3.63) is 64.2 Å². The molecule has 3 N–H and O–H groups in total. The Kier molecular flexibility index (Phi) is 4.46. The van der Waals surface area contributed by atoms with Gasteiger partial charge < -0.3 is 11.1 Å². The molecule has 19 heavy (non-hydrogen) atoms. The zero-order valence-electron chi connectivity index (χ0n) is 11.3. The molecule has 2 rings (SSSR count). The predicted octanol–water partition coefficient (Wildman–Crippen LogP) is 4.07. The highest BCUT2D eigenvalue weighted by Gasteiger charge is 2.13. The molecule has 0 heterocycles. The number of rotatable bonds is 4. The summed E-state index contributed by atoms with van der Waals surface area (Å²) in [5, 5.41) is 4.26. The van der Waals surface area contributed by atoms with Crippen molar-refractivity contribution in [3.8, 4) is 0 Å². The third-order valence-corrected chi connectivity index (χ3v) is 3.55. The summed E-state index contributed by atoms with van der Waals surface area (Å²) in [6, 6.07) is 14.2. The molecule has 100 valence electrons. The van der Waals surface area contributed by atoms with E-state index in [4.69, 9.17) is 17.3 Å². The van der Waals surface area contributed by atoms with Crippen LogP contribution in [0.2, 0.25) is 5.02 Å². The van der Waals surface area contributed by atoms with Gasteiger partial charge in [0.2, 0.25) is 0 Å². The van der Waals surface area contributed by atoms with E-state index in [0.717, 1.165) is 16.3 Å². The highest BCUT2D eigenvalue weighted by Crippen LogP contribution is 2.25. The van der Waals surface area contributed by atoms with Gasteiger partial charge in [-0.1, -0.05) is 35.9 Å². The highest BCUT2D eigenvalue weighted by molar-refractivity contribution is 6.30. The van der Waals surface area contributed by atoms with Crippen LogP contribution in [-0.4, -0.2) is 6.54 Å². The van der Waals surface area contributed by atoms with E-state index in [-0.39, 0.29) is 6.04 Å². The molecule has 2 aromatic carbocycles. The molecule has 3 heteroatoms. The molecule has 2 nitrogen and oxygen atoms in total. The maximum absolute atomic E-state index is 6.00. The maximum Gasteiger partial charge on any atom is 0.0638 e. The Morgan fingerprint density at radius 1 is 1.11 bits per heavy atom. The second kappa shape index (κ2) is 6.09. The summed E-state index contributed by atoms with van der Waals surface area (Å²) in [5.41, 5.74) is 10.6. The number of benzene rings is 2. The first-order valence-corrected chi connectivity index (χ1v) is 6.78. The number of halogens is 1. The van der Waals surface area contributed by atoms with Crippen molar-refractivity contribution in [3.63, 3.8) is 0 Å². The first-order valence-electron chi connectivity index (χ1n) is 6.40. The minimum atomic E-state index is 0.0957. The summed E-state index contributed by atoms with van der Waals surface area (Å²) in [7, 11) is 0. The topological polar surface area (TPSA) is 38.0 Å². The molecule has 0 aliphatic heterocycles. The van der Waals surface area contributed by atoms with Crippen LogP contribution in [0.4, 0.5) is 5.69 Å². The Hall–Kier alpha value is -1.51. The van der Waals surface area contributed by atoms with Crippen LogP contribution in [0.3, 0.4) is 0 Å². The van der Waals surface area contributed by atoms with E-state index >= 15 is 0 Å². The van der Waals surface area contributed by atoms with Crippen LogP contribution in [0.1, 0.15) is 22.7 Å². The molecule has 0 aliphatic carbocycles. The molecule has 1 unspecified atom stereocenters. The number of hydrogen-bond donors (Lipinski definition) is 2. The van der Waals surface area contributed by atoms with Gasteiger partial charge in [-0.05, 0) is 48.7 Å². The average Bonchev–Trinajstić information content (AvgIpc) is 2.39. The number of nitrogens with one attached hydrogen (secondary N) is 1. The summed E-state index contributed by atoms with van der Waals surface area (Å²) >= 11 is 6.00. The largest absolute Gasteiger partial charge is 0.377 e. The number of nitrogens with two attached hydrogens (primary N) is 1. The highest BCUT2D eigenvalue weighted by atomic mass is 35.5. The van der Waals surface area contributed by atoms with Crippen molar-refractivity contribution in [1.82, 2.24) is 0 Å². The number of anilines is 1. The summed E-state index contributed by atoms with van der Waals surface area (Å²) in [6.45, 7) is 4.69. The molecule has 0 radical (unpaired) electrons. The van der Waals surface area contributed by atoms with Crippen molar-refractivity contribution in [1.29, 1.82) is 0 Å². The molecule has 2 aromatic rings. The van der Waals surface area contributed by atoms with Crippen LogP contribution in [0.25, 0.3) is 0 Å². The van der Waals surface area contributed by atoms with E-state index in [1.807, 2.05) is 30.3 Å². The summed E-state index contributed by atoms with van der Waals surface area (Å²) in [6.07, 6.45) is 0. The first-order chi connectivity index (χ1) is 9.11. The van der Waals surface area contributed by atoms with Gasteiger partial charge in [0.1, 0.15) is 0 Å². The van der Waals surface area contributed by atoms with Gasteiger partial charge in [0.15, 0.2) is 0 Å². The van der Waals surface area contributed by atoms with Gasteiger partial charge in [0.25, 0.3) is 0 Å². The van der Waals surface area contributed by atoms with Crippen molar-refractivity contribution in [2.24, 2.45) is 5.73 Å². The van der Waals surface area contributed by atoms with Crippen LogP contribution >= 0.6 is 11.6 Å². The minimum Gasteiger partial charge on any atom is -0.377 e. The maximum atomic E-state index is 6.00. The summed E-state index contributed by atoms with van der Waals surface area (Å²) in [4.78, 5) is 0. The van der Waals surface area contributed by atoms with Gasteiger partial charge in [0, 0.05) is 17.3 Å². The van der Waals surface area contributed by atoms with Crippen LogP contribution in [0.15, 0.2) is 42.5 Å². The molecule has 0 saturated carbocycles. The fourth-order valence-corrected chi connectivity index (χ4v) is 2.44. The minimum absolute atomic E-state index is 0.0957. The summed E-state index contributed by atoms with van der Waals surface area (Å²) in [5.74, 6) is 0. The normalized spacial score (nSPS) is 12.2. The second-order valence-electron chi connectivity index (χ2n) is 4.75.